The number of aliphatic imine (C=N–C) groups is 1. The Morgan fingerprint density at radius 1 is 1.32 bits per heavy atom. The zero-order valence-electron chi connectivity index (χ0n) is 17.6. The first kappa shape index (κ1) is 21.8. The lowest BCUT2D eigenvalue weighted by Gasteiger charge is -2.61. The monoisotopic (exact) mass is 502 g/mol. The van der Waals surface area contributed by atoms with E-state index >= 15 is 0 Å². The fourth-order valence-corrected chi connectivity index (χ4v) is 5.06. The predicted octanol–water partition coefficient (Wildman–Crippen LogP) is 2.85. The van der Waals surface area contributed by atoms with Gasteiger partial charge < -0.3 is 19.9 Å². The first-order valence-electron chi connectivity index (χ1n) is 10.6. The molecule has 3 aliphatic rings. The van der Waals surface area contributed by atoms with Crippen LogP contribution in [-0.4, -0.2) is 52.6 Å². The highest BCUT2D eigenvalue weighted by Gasteiger charge is 2.59. The molecule has 3 atom stereocenters. The summed E-state index contributed by atoms with van der Waals surface area (Å²) in [7, 11) is 1.87. The second-order valence-corrected chi connectivity index (χ2v) is 8.66. The molecule has 0 amide bonds. The summed E-state index contributed by atoms with van der Waals surface area (Å²) in [6.45, 7) is 8.18. The maximum atomic E-state index is 5.98. The summed E-state index contributed by atoms with van der Waals surface area (Å²) in [5, 5.41) is 16.1. The standard InChI is InChI=1S/C20H34N6O.HI/c1-5-27-16-11-15(20(16)9-6-10-20)23-19(21-4)22-14-7-8-17-24-25-18(13(2)3)26(17)12-14;/h13-16H,5-12H2,1-4H3,(H2,21,22,23);1H. The summed E-state index contributed by atoms with van der Waals surface area (Å²) in [6.07, 6.45) is 7.42. The quantitative estimate of drug-likeness (QED) is 0.368. The molecule has 2 N–H and O–H groups in total. The highest BCUT2D eigenvalue weighted by atomic mass is 127. The first-order valence-corrected chi connectivity index (χ1v) is 10.6. The third-order valence-electron chi connectivity index (χ3n) is 6.80. The van der Waals surface area contributed by atoms with E-state index in [4.69, 9.17) is 4.74 Å². The molecule has 2 aliphatic carbocycles. The molecule has 2 saturated carbocycles. The van der Waals surface area contributed by atoms with Gasteiger partial charge >= 0.3 is 0 Å². The number of rotatable bonds is 5. The van der Waals surface area contributed by atoms with Crippen LogP contribution in [0.4, 0.5) is 0 Å². The Bertz CT molecular complexity index is 699. The van der Waals surface area contributed by atoms with Gasteiger partial charge in [0.1, 0.15) is 11.6 Å². The fraction of sp³-hybridized carbons (Fsp3) is 0.850. The van der Waals surface area contributed by atoms with E-state index in [-0.39, 0.29) is 24.0 Å². The Labute approximate surface area is 185 Å². The number of nitrogens with one attached hydrogen (secondary N) is 2. The van der Waals surface area contributed by atoms with Gasteiger partial charge in [0.25, 0.3) is 0 Å². The van der Waals surface area contributed by atoms with E-state index in [2.05, 4.69) is 51.2 Å². The van der Waals surface area contributed by atoms with Gasteiger partial charge in [-0.3, -0.25) is 4.99 Å². The van der Waals surface area contributed by atoms with E-state index in [9.17, 15) is 0 Å². The number of halogens is 1. The van der Waals surface area contributed by atoms with Crippen LogP contribution in [0.2, 0.25) is 0 Å². The number of hydrogen-bond donors (Lipinski definition) is 2. The van der Waals surface area contributed by atoms with Crippen molar-refractivity contribution in [2.24, 2.45) is 10.4 Å². The van der Waals surface area contributed by atoms with Crippen LogP contribution in [-0.2, 0) is 17.7 Å². The molecule has 4 rings (SSSR count). The molecule has 8 heteroatoms. The minimum Gasteiger partial charge on any atom is -0.378 e. The number of hydrogen-bond acceptors (Lipinski definition) is 4. The first-order chi connectivity index (χ1) is 13.1. The van der Waals surface area contributed by atoms with E-state index in [0.29, 0.717) is 29.5 Å². The van der Waals surface area contributed by atoms with E-state index in [1.54, 1.807) is 0 Å². The molecule has 2 fully saturated rings. The van der Waals surface area contributed by atoms with Crippen molar-refractivity contribution in [1.82, 2.24) is 25.4 Å². The molecular formula is C20H35IN6O. The summed E-state index contributed by atoms with van der Waals surface area (Å²) >= 11 is 0. The molecule has 0 saturated heterocycles. The molecule has 7 nitrogen and oxygen atoms in total. The van der Waals surface area contributed by atoms with Crippen molar-refractivity contribution in [2.75, 3.05) is 13.7 Å². The van der Waals surface area contributed by atoms with E-state index in [1.165, 1.54) is 19.3 Å². The minimum absolute atomic E-state index is 0. The fourth-order valence-electron chi connectivity index (χ4n) is 5.06. The Balaban J connectivity index is 0.00000225. The average molecular weight is 502 g/mol. The van der Waals surface area contributed by atoms with Crippen LogP contribution in [0.25, 0.3) is 0 Å². The van der Waals surface area contributed by atoms with Gasteiger partial charge in [-0.15, -0.1) is 34.2 Å². The number of nitrogens with zero attached hydrogens (tertiary/aromatic N) is 4. The van der Waals surface area contributed by atoms with E-state index in [0.717, 1.165) is 50.0 Å². The summed E-state index contributed by atoms with van der Waals surface area (Å²) in [6, 6.07) is 0.839. The minimum atomic E-state index is 0. The number of aryl methyl sites for hydroxylation is 1. The normalized spacial score (nSPS) is 28.2. The highest BCUT2D eigenvalue weighted by molar-refractivity contribution is 14.0. The van der Waals surface area contributed by atoms with Crippen molar-refractivity contribution in [3.63, 3.8) is 0 Å². The van der Waals surface area contributed by atoms with Gasteiger partial charge in [-0.1, -0.05) is 20.3 Å². The Kier molecular flexibility index (Phi) is 6.89. The summed E-state index contributed by atoms with van der Waals surface area (Å²) in [5.74, 6) is 3.53. The van der Waals surface area contributed by atoms with Crippen LogP contribution in [0.5, 0.6) is 0 Å². The Morgan fingerprint density at radius 2 is 2.11 bits per heavy atom. The number of fused-ring (bicyclic) bond motifs is 1. The van der Waals surface area contributed by atoms with Gasteiger partial charge in [0.05, 0.1) is 6.10 Å². The van der Waals surface area contributed by atoms with Crippen molar-refractivity contribution >= 4 is 29.9 Å². The van der Waals surface area contributed by atoms with Gasteiger partial charge in [0.15, 0.2) is 5.96 Å². The van der Waals surface area contributed by atoms with Gasteiger partial charge in [0, 0.05) is 50.0 Å². The summed E-state index contributed by atoms with van der Waals surface area (Å²) in [4.78, 5) is 4.51. The van der Waals surface area contributed by atoms with Gasteiger partial charge in [-0.05, 0) is 32.6 Å². The van der Waals surface area contributed by atoms with Crippen molar-refractivity contribution in [3.8, 4) is 0 Å². The van der Waals surface area contributed by atoms with E-state index < -0.39 is 0 Å². The number of guanidine groups is 1. The molecule has 0 radical (unpaired) electrons. The SMILES string of the molecule is CCOC1CC(NC(=NC)NC2CCc3nnc(C(C)C)n3C2)C12CCC2.I. The molecule has 1 aromatic rings. The van der Waals surface area contributed by atoms with Crippen molar-refractivity contribution in [1.29, 1.82) is 0 Å². The zero-order valence-corrected chi connectivity index (χ0v) is 19.9. The topological polar surface area (TPSA) is 76.4 Å². The lowest BCUT2D eigenvalue weighted by atomic mass is 9.51. The van der Waals surface area contributed by atoms with Crippen molar-refractivity contribution in [2.45, 2.75) is 89.9 Å². The van der Waals surface area contributed by atoms with Crippen LogP contribution >= 0.6 is 24.0 Å². The molecule has 1 aliphatic heterocycles. The highest BCUT2D eigenvalue weighted by Crippen LogP contribution is 2.57. The third-order valence-corrected chi connectivity index (χ3v) is 6.80. The molecule has 1 aromatic heterocycles. The summed E-state index contributed by atoms with van der Waals surface area (Å²) in [5.41, 5.74) is 0.340. The predicted molar refractivity (Wildman–Crippen MR) is 121 cm³/mol. The third kappa shape index (κ3) is 3.78. The second-order valence-electron chi connectivity index (χ2n) is 8.66. The van der Waals surface area contributed by atoms with Gasteiger partial charge in [-0.25, -0.2) is 0 Å². The van der Waals surface area contributed by atoms with Crippen molar-refractivity contribution < 1.29 is 4.74 Å². The van der Waals surface area contributed by atoms with Gasteiger partial charge in [-0.2, -0.15) is 0 Å². The van der Waals surface area contributed by atoms with Crippen LogP contribution < -0.4 is 10.6 Å². The zero-order chi connectivity index (χ0) is 19.0. The van der Waals surface area contributed by atoms with Crippen LogP contribution in [0.1, 0.15) is 70.4 Å². The van der Waals surface area contributed by atoms with Crippen molar-refractivity contribution in [3.05, 3.63) is 11.6 Å². The van der Waals surface area contributed by atoms with Gasteiger partial charge in [0.2, 0.25) is 0 Å². The molecule has 1 spiro atoms. The summed E-state index contributed by atoms with van der Waals surface area (Å²) < 4.78 is 8.27. The lowest BCUT2D eigenvalue weighted by Crippen LogP contribution is -2.69. The van der Waals surface area contributed by atoms with Crippen LogP contribution in [0.3, 0.4) is 0 Å². The van der Waals surface area contributed by atoms with Crippen LogP contribution in [0.15, 0.2) is 4.99 Å². The smallest absolute Gasteiger partial charge is 0.191 e. The molecule has 2 heterocycles. The molecule has 3 unspecified atom stereocenters. The number of ether oxygens (including phenoxy) is 1. The molecule has 158 valence electrons. The average Bonchev–Trinajstić information content (AvgIpc) is 3.01. The second kappa shape index (κ2) is 8.85. The maximum absolute atomic E-state index is 5.98. The van der Waals surface area contributed by atoms with E-state index in [1.807, 2.05) is 7.05 Å². The molecule has 0 aromatic carbocycles. The molecule has 28 heavy (non-hydrogen) atoms. The Morgan fingerprint density at radius 3 is 2.71 bits per heavy atom. The Hall–Kier alpha value is -0.900. The number of aromatic nitrogens is 3. The molecule has 0 bridgehead atoms. The van der Waals surface area contributed by atoms with Crippen LogP contribution in [0, 0.1) is 5.41 Å². The maximum Gasteiger partial charge on any atom is 0.191 e. The lowest BCUT2D eigenvalue weighted by molar-refractivity contribution is -0.168. The molecular weight excluding hydrogens is 467 g/mol. The largest absolute Gasteiger partial charge is 0.378 e.